The van der Waals surface area contributed by atoms with Gasteiger partial charge in [0.2, 0.25) is 5.82 Å². The first-order valence-corrected chi connectivity index (χ1v) is 9.04. The second-order valence-corrected chi connectivity index (χ2v) is 6.63. The third-order valence-electron chi connectivity index (χ3n) is 4.41. The molecule has 2 heterocycles. The molecule has 0 amide bonds. The molecule has 2 N–H and O–H groups in total. The summed E-state index contributed by atoms with van der Waals surface area (Å²) in [6.07, 6.45) is 0.0735. The van der Waals surface area contributed by atoms with Gasteiger partial charge in [-0.25, -0.2) is 0 Å². The van der Waals surface area contributed by atoms with E-state index in [0.29, 0.717) is 5.56 Å². The van der Waals surface area contributed by atoms with Gasteiger partial charge in [-0.2, -0.15) is 4.98 Å². The fourth-order valence-electron chi connectivity index (χ4n) is 2.77. The fraction of sp³-hybridized carbons (Fsp3) is 0.238. The van der Waals surface area contributed by atoms with E-state index >= 15 is 0 Å². The lowest BCUT2D eigenvalue weighted by molar-refractivity contribution is -0.274. The standard InChI is InChI=1S/C21H20F3N3O3/c1-4-12(2)9-17-13(3)25-11-15(17)10-18(28)20-26-19(27-30-20)14-5-7-16(8-6-14)29-21(22,23)24/h4-9,11,18,25,28H,3,10H2,1-2H3/b12-4-,17-9+. The Kier molecular flexibility index (Phi) is 6.12. The molecule has 1 aromatic carbocycles. The second-order valence-electron chi connectivity index (χ2n) is 6.63. The molecule has 0 fully saturated rings. The Morgan fingerprint density at radius 2 is 2.03 bits per heavy atom. The normalized spacial score (nSPS) is 14.2. The van der Waals surface area contributed by atoms with Gasteiger partial charge in [0.1, 0.15) is 11.9 Å². The minimum absolute atomic E-state index is 0.00105. The third kappa shape index (κ3) is 5.18. The Hall–Kier alpha value is -3.33. The first kappa shape index (κ1) is 21.4. The van der Waals surface area contributed by atoms with E-state index in [0.717, 1.165) is 33.8 Å². The van der Waals surface area contributed by atoms with Crippen molar-refractivity contribution in [3.05, 3.63) is 64.1 Å². The highest BCUT2D eigenvalue weighted by atomic mass is 19.4. The maximum atomic E-state index is 12.3. The minimum atomic E-state index is -4.77. The molecule has 9 heteroatoms. The summed E-state index contributed by atoms with van der Waals surface area (Å²) >= 11 is 0. The summed E-state index contributed by atoms with van der Waals surface area (Å²) in [5, 5.41) is 15.9. The van der Waals surface area contributed by atoms with Gasteiger partial charge < -0.3 is 19.4 Å². The molecular weight excluding hydrogens is 399 g/mol. The number of nitrogens with zero attached hydrogens (tertiary/aromatic N) is 2. The number of nitrogens with one attached hydrogen (secondary N) is 1. The molecule has 0 aliphatic carbocycles. The molecule has 158 valence electrons. The van der Waals surface area contributed by atoms with E-state index < -0.39 is 12.5 Å². The first-order valence-electron chi connectivity index (χ1n) is 9.04. The number of aromatic nitrogens is 3. The number of H-pyrrole nitrogens is 1. The van der Waals surface area contributed by atoms with Gasteiger partial charge in [-0.15, -0.1) is 13.2 Å². The van der Waals surface area contributed by atoms with Crippen molar-refractivity contribution in [2.45, 2.75) is 32.7 Å². The van der Waals surface area contributed by atoms with Crippen molar-refractivity contribution in [3.8, 4) is 17.1 Å². The van der Waals surface area contributed by atoms with E-state index in [9.17, 15) is 18.3 Å². The Balaban J connectivity index is 1.77. The van der Waals surface area contributed by atoms with Gasteiger partial charge in [-0.1, -0.05) is 23.4 Å². The molecule has 0 saturated carbocycles. The van der Waals surface area contributed by atoms with Crippen molar-refractivity contribution in [2.75, 3.05) is 0 Å². The summed E-state index contributed by atoms with van der Waals surface area (Å²) < 4.78 is 45.7. The van der Waals surface area contributed by atoms with Crippen LogP contribution in [0.3, 0.4) is 0 Å². The van der Waals surface area contributed by atoms with Crippen LogP contribution >= 0.6 is 0 Å². The van der Waals surface area contributed by atoms with Gasteiger partial charge in [0.15, 0.2) is 0 Å². The lowest BCUT2D eigenvalue weighted by Crippen LogP contribution is -2.24. The number of hydrogen-bond acceptors (Lipinski definition) is 5. The number of aromatic amines is 1. The Morgan fingerprint density at radius 1 is 1.33 bits per heavy atom. The number of allylic oxidation sites excluding steroid dienone is 2. The molecule has 3 rings (SSSR count). The van der Waals surface area contributed by atoms with Crippen LogP contribution in [0.1, 0.15) is 31.4 Å². The van der Waals surface area contributed by atoms with Crippen molar-refractivity contribution in [3.63, 3.8) is 0 Å². The molecule has 0 bridgehead atoms. The van der Waals surface area contributed by atoms with Crippen LogP contribution in [0.4, 0.5) is 13.2 Å². The summed E-state index contributed by atoms with van der Waals surface area (Å²) in [5.74, 6) is -0.209. The van der Waals surface area contributed by atoms with E-state index in [4.69, 9.17) is 4.52 Å². The predicted molar refractivity (Wildman–Crippen MR) is 105 cm³/mol. The number of aliphatic hydroxyl groups is 1. The molecule has 0 radical (unpaired) electrons. The summed E-state index contributed by atoms with van der Waals surface area (Å²) in [6, 6.07) is 5.04. The second kappa shape index (κ2) is 8.58. The van der Waals surface area contributed by atoms with E-state index in [1.165, 1.54) is 12.1 Å². The quantitative estimate of drug-likeness (QED) is 0.640. The molecule has 30 heavy (non-hydrogen) atoms. The van der Waals surface area contributed by atoms with Crippen LogP contribution in [-0.4, -0.2) is 26.6 Å². The number of aliphatic hydroxyl groups excluding tert-OH is 1. The largest absolute Gasteiger partial charge is 0.573 e. The molecule has 3 aromatic rings. The van der Waals surface area contributed by atoms with Gasteiger partial charge in [0.25, 0.3) is 5.89 Å². The van der Waals surface area contributed by atoms with Crippen molar-refractivity contribution >= 4 is 12.7 Å². The smallest absolute Gasteiger partial charge is 0.406 e. The van der Waals surface area contributed by atoms with Crippen LogP contribution in [0, 0.1) is 0 Å². The van der Waals surface area contributed by atoms with Crippen LogP contribution in [-0.2, 0) is 6.42 Å². The highest BCUT2D eigenvalue weighted by Gasteiger charge is 2.31. The predicted octanol–water partition coefficient (Wildman–Crippen LogP) is 3.40. The molecule has 6 nitrogen and oxygen atoms in total. The first-order chi connectivity index (χ1) is 14.2. The van der Waals surface area contributed by atoms with Crippen LogP contribution in [0.25, 0.3) is 24.0 Å². The number of halogens is 3. The van der Waals surface area contributed by atoms with Crippen LogP contribution < -0.4 is 15.3 Å². The van der Waals surface area contributed by atoms with Crippen molar-refractivity contribution < 1.29 is 27.5 Å². The lowest BCUT2D eigenvalue weighted by Gasteiger charge is -2.08. The number of ether oxygens (including phenoxy) is 1. The summed E-state index contributed by atoms with van der Waals surface area (Å²) in [4.78, 5) is 7.19. The average Bonchev–Trinajstić information content (AvgIpc) is 3.30. The fourth-order valence-corrected chi connectivity index (χ4v) is 2.77. The maximum Gasteiger partial charge on any atom is 0.573 e. The van der Waals surface area contributed by atoms with E-state index in [-0.39, 0.29) is 23.9 Å². The molecule has 1 unspecified atom stereocenters. The van der Waals surface area contributed by atoms with E-state index in [1.54, 1.807) is 6.20 Å². The van der Waals surface area contributed by atoms with E-state index in [2.05, 4.69) is 26.4 Å². The average molecular weight is 419 g/mol. The zero-order valence-corrected chi connectivity index (χ0v) is 16.3. The van der Waals surface area contributed by atoms with Gasteiger partial charge >= 0.3 is 6.36 Å². The summed E-state index contributed by atoms with van der Waals surface area (Å²) in [7, 11) is 0. The maximum absolute atomic E-state index is 12.3. The highest BCUT2D eigenvalue weighted by Crippen LogP contribution is 2.26. The zero-order chi connectivity index (χ0) is 21.9. The SMILES string of the molecule is C=c1[nH]cc(CC(O)c2nc(-c3ccc(OC(F)(F)F)cc3)no2)/c1=C/C(C)=C\C. The molecule has 0 aliphatic heterocycles. The van der Waals surface area contributed by atoms with Crippen LogP contribution in [0.15, 0.2) is 46.6 Å². The molecule has 2 aromatic heterocycles. The Morgan fingerprint density at radius 3 is 2.67 bits per heavy atom. The number of rotatable bonds is 6. The number of benzene rings is 1. The van der Waals surface area contributed by atoms with Crippen molar-refractivity contribution in [2.24, 2.45) is 0 Å². The third-order valence-corrected chi connectivity index (χ3v) is 4.41. The summed E-state index contributed by atoms with van der Waals surface area (Å²) in [5.41, 5.74) is 2.31. The Bertz CT molecular complexity index is 1140. The minimum Gasteiger partial charge on any atom is -0.406 e. The number of alkyl halides is 3. The highest BCUT2D eigenvalue weighted by molar-refractivity contribution is 5.55. The van der Waals surface area contributed by atoms with Gasteiger partial charge in [0, 0.05) is 28.7 Å². The van der Waals surface area contributed by atoms with E-state index in [1.807, 2.05) is 26.0 Å². The molecule has 0 saturated heterocycles. The number of hydrogen-bond donors (Lipinski definition) is 2. The molecule has 0 spiro atoms. The lowest BCUT2D eigenvalue weighted by atomic mass is 10.1. The van der Waals surface area contributed by atoms with Crippen LogP contribution in [0.2, 0.25) is 0 Å². The zero-order valence-electron chi connectivity index (χ0n) is 16.3. The monoisotopic (exact) mass is 419 g/mol. The summed E-state index contributed by atoms with van der Waals surface area (Å²) in [6.45, 7) is 7.84. The van der Waals surface area contributed by atoms with Gasteiger partial charge in [-0.3, -0.25) is 0 Å². The topological polar surface area (TPSA) is 84.2 Å². The van der Waals surface area contributed by atoms with Crippen LogP contribution in [0.5, 0.6) is 5.75 Å². The molecule has 0 aliphatic rings. The van der Waals surface area contributed by atoms with Crippen molar-refractivity contribution in [1.29, 1.82) is 0 Å². The van der Waals surface area contributed by atoms with Gasteiger partial charge in [-0.05, 0) is 49.8 Å². The molecule has 1 atom stereocenters. The van der Waals surface area contributed by atoms with Gasteiger partial charge in [0.05, 0.1) is 0 Å². The molecular formula is C21H20F3N3O3. The Labute approximate surface area is 170 Å². The van der Waals surface area contributed by atoms with Crippen molar-refractivity contribution in [1.82, 2.24) is 15.1 Å².